The molecule has 1 atom stereocenters. The van der Waals surface area contributed by atoms with E-state index in [0.29, 0.717) is 18.1 Å². The van der Waals surface area contributed by atoms with Gasteiger partial charge in [-0.1, -0.05) is 0 Å². The number of methoxy groups -OCH3 is 1. The Labute approximate surface area is 186 Å². The van der Waals surface area contributed by atoms with Gasteiger partial charge >= 0.3 is 51.4 Å². The summed E-state index contributed by atoms with van der Waals surface area (Å²) in [6.45, 7) is 0.565. The standard InChI is InChI=1S/C14H14O7S2.K/c1-18-11-4-9(2-3-14(11)23(15,16)17)19-5-10-6-20-12-7-22-8-13(12)21-10;/h2-4,7-8,10H,5-6H2,1H3,(H,15,16,17);/q;+1/p-1. The van der Waals surface area contributed by atoms with Crippen molar-refractivity contribution in [3.63, 3.8) is 0 Å². The SMILES string of the molecule is COc1cc(OCC2COc3cscc3O2)ccc1S(=O)(=O)[O-].[K+]. The van der Waals surface area contributed by atoms with Crippen molar-refractivity contribution in [2.75, 3.05) is 20.3 Å². The third kappa shape index (κ3) is 4.64. The van der Waals surface area contributed by atoms with Crippen molar-refractivity contribution in [3.8, 4) is 23.0 Å². The molecule has 0 saturated heterocycles. The van der Waals surface area contributed by atoms with Crippen LogP contribution >= 0.6 is 11.3 Å². The van der Waals surface area contributed by atoms with Gasteiger partial charge in [0.2, 0.25) is 0 Å². The number of hydrogen-bond donors (Lipinski definition) is 0. The summed E-state index contributed by atoms with van der Waals surface area (Å²) in [6.07, 6.45) is -0.286. The molecule has 1 unspecified atom stereocenters. The summed E-state index contributed by atoms with van der Waals surface area (Å²) < 4.78 is 55.1. The summed E-state index contributed by atoms with van der Waals surface area (Å²) in [4.78, 5) is -0.424. The van der Waals surface area contributed by atoms with Crippen molar-refractivity contribution in [1.29, 1.82) is 0 Å². The predicted molar refractivity (Wildman–Crippen MR) is 80.7 cm³/mol. The van der Waals surface area contributed by atoms with Gasteiger partial charge < -0.3 is 23.5 Å². The third-order valence-corrected chi connectivity index (χ3v) is 4.73. The Hall–Kier alpha value is -0.334. The number of rotatable bonds is 5. The number of thiophene rings is 1. The minimum Gasteiger partial charge on any atom is -0.744 e. The molecule has 1 aromatic carbocycles. The molecule has 0 bridgehead atoms. The normalized spacial score (nSPS) is 16.2. The first kappa shape index (κ1) is 20.0. The molecule has 0 spiro atoms. The number of fused-ring (bicyclic) bond motifs is 1. The Morgan fingerprint density at radius 3 is 2.79 bits per heavy atom. The fraction of sp³-hybridized carbons (Fsp3) is 0.286. The zero-order valence-electron chi connectivity index (χ0n) is 13.1. The van der Waals surface area contributed by atoms with Crippen LogP contribution in [0.3, 0.4) is 0 Å². The Bertz CT molecular complexity index is 803. The second kappa shape index (κ2) is 8.36. The first-order chi connectivity index (χ1) is 11.0. The molecule has 0 N–H and O–H groups in total. The van der Waals surface area contributed by atoms with Crippen molar-refractivity contribution >= 4 is 21.5 Å². The number of benzene rings is 1. The summed E-state index contributed by atoms with van der Waals surface area (Å²) >= 11 is 1.49. The topological polar surface area (TPSA) is 94.1 Å². The van der Waals surface area contributed by atoms with E-state index in [4.69, 9.17) is 18.9 Å². The van der Waals surface area contributed by atoms with Crippen LogP contribution in [-0.4, -0.2) is 39.4 Å². The second-order valence-corrected chi connectivity index (χ2v) is 6.82. The van der Waals surface area contributed by atoms with Crippen LogP contribution in [0.25, 0.3) is 0 Å². The molecular weight excluding hydrogens is 383 g/mol. The third-order valence-electron chi connectivity index (χ3n) is 3.15. The van der Waals surface area contributed by atoms with Crippen LogP contribution in [0.15, 0.2) is 33.9 Å². The van der Waals surface area contributed by atoms with Gasteiger partial charge in [-0.15, -0.1) is 11.3 Å². The molecule has 3 rings (SSSR count). The largest absolute Gasteiger partial charge is 1.00 e. The van der Waals surface area contributed by atoms with Gasteiger partial charge in [0.1, 0.15) is 34.8 Å². The first-order valence-corrected chi connectivity index (χ1v) is 8.95. The van der Waals surface area contributed by atoms with Gasteiger partial charge in [0.15, 0.2) is 17.6 Å². The number of ether oxygens (including phenoxy) is 4. The van der Waals surface area contributed by atoms with Crippen molar-refractivity contribution < 1.29 is 83.3 Å². The van der Waals surface area contributed by atoms with Crippen LogP contribution in [0.2, 0.25) is 0 Å². The molecule has 1 aliphatic heterocycles. The summed E-state index contributed by atoms with van der Waals surface area (Å²) in [6, 6.07) is 3.91. The molecule has 124 valence electrons. The average molecular weight is 396 g/mol. The van der Waals surface area contributed by atoms with E-state index in [0.717, 1.165) is 11.8 Å². The van der Waals surface area contributed by atoms with E-state index in [-0.39, 0.29) is 69.8 Å². The second-order valence-electron chi connectivity index (χ2n) is 4.73. The van der Waals surface area contributed by atoms with Crippen molar-refractivity contribution in [2.24, 2.45) is 0 Å². The van der Waals surface area contributed by atoms with Gasteiger partial charge in [-0.25, -0.2) is 8.42 Å². The van der Waals surface area contributed by atoms with E-state index in [1.807, 2.05) is 10.8 Å². The van der Waals surface area contributed by atoms with Crippen LogP contribution in [0.4, 0.5) is 0 Å². The minimum atomic E-state index is -4.60. The smallest absolute Gasteiger partial charge is 0.744 e. The predicted octanol–water partition coefficient (Wildman–Crippen LogP) is -1.12. The minimum absolute atomic E-state index is 0. The maximum Gasteiger partial charge on any atom is 1.00 e. The Kier molecular flexibility index (Phi) is 6.96. The Morgan fingerprint density at radius 2 is 2.08 bits per heavy atom. The van der Waals surface area contributed by atoms with Gasteiger partial charge in [-0.2, -0.15) is 0 Å². The zero-order chi connectivity index (χ0) is 16.4. The molecule has 7 nitrogen and oxygen atoms in total. The van der Waals surface area contributed by atoms with Crippen LogP contribution in [0.1, 0.15) is 0 Å². The van der Waals surface area contributed by atoms with Crippen LogP contribution in [0, 0.1) is 0 Å². The Morgan fingerprint density at radius 1 is 1.33 bits per heavy atom. The average Bonchev–Trinajstić information content (AvgIpc) is 2.99. The van der Waals surface area contributed by atoms with E-state index in [2.05, 4.69) is 0 Å². The summed E-state index contributed by atoms with van der Waals surface area (Å²) in [5.41, 5.74) is 0. The Balaban J connectivity index is 0.00000208. The van der Waals surface area contributed by atoms with Gasteiger partial charge in [0.25, 0.3) is 0 Å². The van der Waals surface area contributed by atoms with Crippen LogP contribution < -0.4 is 70.3 Å². The van der Waals surface area contributed by atoms with Gasteiger partial charge in [0.05, 0.1) is 12.0 Å². The van der Waals surface area contributed by atoms with Crippen LogP contribution in [-0.2, 0) is 10.1 Å². The monoisotopic (exact) mass is 396 g/mol. The van der Waals surface area contributed by atoms with Gasteiger partial charge in [-0.3, -0.25) is 0 Å². The molecule has 10 heteroatoms. The molecule has 1 aromatic heterocycles. The molecule has 0 amide bonds. The molecule has 0 saturated carbocycles. The van der Waals surface area contributed by atoms with Gasteiger partial charge in [-0.05, 0) is 12.1 Å². The molecule has 2 heterocycles. The quantitative estimate of drug-likeness (QED) is 0.467. The molecule has 0 aliphatic carbocycles. The van der Waals surface area contributed by atoms with E-state index in [1.165, 1.54) is 30.6 Å². The maximum absolute atomic E-state index is 11.1. The zero-order valence-corrected chi connectivity index (χ0v) is 17.8. The van der Waals surface area contributed by atoms with E-state index >= 15 is 0 Å². The summed E-state index contributed by atoms with van der Waals surface area (Å²) in [5.74, 6) is 1.71. The molecule has 24 heavy (non-hydrogen) atoms. The fourth-order valence-corrected chi connectivity index (χ4v) is 3.37. The molecule has 0 fully saturated rings. The van der Waals surface area contributed by atoms with E-state index in [9.17, 15) is 13.0 Å². The van der Waals surface area contributed by atoms with E-state index in [1.54, 1.807) is 0 Å². The van der Waals surface area contributed by atoms with Crippen LogP contribution in [0.5, 0.6) is 23.0 Å². The first-order valence-electron chi connectivity index (χ1n) is 6.60. The molecular formula is C14H13KO7S2. The summed E-state index contributed by atoms with van der Waals surface area (Å²) in [7, 11) is -3.32. The maximum atomic E-state index is 11.1. The fourth-order valence-electron chi connectivity index (χ4n) is 2.08. The molecule has 0 radical (unpaired) electrons. The van der Waals surface area contributed by atoms with Crippen molar-refractivity contribution in [3.05, 3.63) is 29.0 Å². The van der Waals surface area contributed by atoms with Gasteiger partial charge in [0, 0.05) is 16.8 Å². The van der Waals surface area contributed by atoms with E-state index < -0.39 is 15.0 Å². The van der Waals surface area contributed by atoms with Crippen molar-refractivity contribution in [1.82, 2.24) is 0 Å². The molecule has 1 aliphatic rings. The molecule has 2 aromatic rings. The summed E-state index contributed by atoms with van der Waals surface area (Å²) in [5, 5.41) is 3.71. The number of hydrogen-bond acceptors (Lipinski definition) is 8. The van der Waals surface area contributed by atoms with Crippen molar-refractivity contribution in [2.45, 2.75) is 11.0 Å².